The van der Waals surface area contributed by atoms with Crippen molar-refractivity contribution >= 4 is 28.7 Å². The second-order valence-electron chi connectivity index (χ2n) is 5.95. The molecule has 120 valence electrons. The number of hydrogen-bond acceptors (Lipinski definition) is 6. The molecule has 0 N–H and O–H groups in total. The van der Waals surface area contributed by atoms with Crippen LogP contribution in [0, 0.1) is 11.8 Å². The Morgan fingerprint density at radius 3 is 3.04 bits per heavy atom. The summed E-state index contributed by atoms with van der Waals surface area (Å²) >= 11 is 1.63. The van der Waals surface area contributed by atoms with E-state index >= 15 is 0 Å². The van der Waals surface area contributed by atoms with Crippen LogP contribution in [0.1, 0.15) is 6.42 Å². The van der Waals surface area contributed by atoms with Gasteiger partial charge in [-0.15, -0.1) is 0 Å². The van der Waals surface area contributed by atoms with Gasteiger partial charge in [0.1, 0.15) is 12.1 Å². The monoisotopic (exact) mass is 330 g/mol. The Hall–Kier alpha value is -2.15. The van der Waals surface area contributed by atoms with E-state index in [9.17, 15) is 4.79 Å². The predicted molar refractivity (Wildman–Crippen MR) is 89.1 cm³/mol. The number of ether oxygens (including phenoxy) is 1. The number of methoxy groups -OCH3 is 1. The molecule has 0 aromatic carbocycles. The number of aromatic nitrogens is 2. The van der Waals surface area contributed by atoms with Gasteiger partial charge in [-0.3, -0.25) is 4.79 Å². The highest BCUT2D eigenvalue weighted by molar-refractivity contribution is 7.08. The molecule has 6 nitrogen and oxygen atoms in total. The Bertz CT molecular complexity index is 706. The van der Waals surface area contributed by atoms with E-state index in [1.54, 1.807) is 18.4 Å². The lowest BCUT2D eigenvalue weighted by molar-refractivity contribution is -0.124. The summed E-state index contributed by atoms with van der Waals surface area (Å²) in [5, 5.41) is 4.06. The number of amides is 1. The molecular weight excluding hydrogens is 312 g/mol. The van der Waals surface area contributed by atoms with Gasteiger partial charge in [0.05, 0.1) is 18.7 Å². The Kier molecular flexibility index (Phi) is 3.65. The third kappa shape index (κ3) is 2.55. The molecule has 2 fully saturated rings. The number of thiophene rings is 1. The lowest BCUT2D eigenvalue weighted by Crippen LogP contribution is -2.45. The number of piperidine rings is 1. The smallest absolute Gasteiger partial charge is 0.232 e. The molecule has 0 bridgehead atoms. The fraction of sp³-hybridized carbons (Fsp3) is 0.438. The number of hydrogen-bond donors (Lipinski definition) is 0. The van der Waals surface area contributed by atoms with Gasteiger partial charge >= 0.3 is 0 Å². The maximum Gasteiger partial charge on any atom is 0.232 e. The summed E-state index contributed by atoms with van der Waals surface area (Å²) < 4.78 is 5.17. The highest BCUT2D eigenvalue weighted by atomic mass is 32.1. The topological polar surface area (TPSA) is 58.6 Å². The molecule has 0 saturated carbocycles. The van der Waals surface area contributed by atoms with Crippen LogP contribution in [-0.4, -0.2) is 42.6 Å². The molecular formula is C16H18N4O2S. The second-order valence-corrected chi connectivity index (χ2v) is 6.73. The van der Waals surface area contributed by atoms with E-state index in [0.717, 1.165) is 31.0 Å². The quantitative estimate of drug-likeness (QED) is 0.862. The number of anilines is 2. The number of rotatable bonds is 3. The molecule has 0 aliphatic carbocycles. The van der Waals surface area contributed by atoms with Crippen molar-refractivity contribution < 1.29 is 9.53 Å². The largest absolute Gasteiger partial charge is 0.481 e. The normalized spacial score (nSPS) is 24.0. The van der Waals surface area contributed by atoms with Crippen LogP contribution >= 0.6 is 11.3 Å². The zero-order valence-corrected chi connectivity index (χ0v) is 13.7. The van der Waals surface area contributed by atoms with Crippen LogP contribution in [0.5, 0.6) is 5.88 Å². The average molecular weight is 330 g/mol. The molecule has 23 heavy (non-hydrogen) atoms. The van der Waals surface area contributed by atoms with Crippen LogP contribution in [-0.2, 0) is 4.79 Å². The first kappa shape index (κ1) is 14.4. The molecule has 2 aliphatic rings. The Morgan fingerprint density at radius 1 is 1.35 bits per heavy atom. The lowest BCUT2D eigenvalue weighted by Gasteiger charge is -2.33. The predicted octanol–water partition coefficient (Wildman–Crippen LogP) is 2.04. The van der Waals surface area contributed by atoms with Crippen LogP contribution < -0.4 is 14.5 Å². The molecule has 2 atom stereocenters. The Labute approximate surface area is 138 Å². The van der Waals surface area contributed by atoms with Crippen LogP contribution in [0.3, 0.4) is 0 Å². The van der Waals surface area contributed by atoms with Crippen molar-refractivity contribution in [1.82, 2.24) is 9.97 Å². The van der Waals surface area contributed by atoms with E-state index in [0.29, 0.717) is 18.3 Å². The number of fused-ring (bicyclic) bond motifs is 1. The van der Waals surface area contributed by atoms with Gasteiger partial charge in [0.15, 0.2) is 0 Å². The highest BCUT2D eigenvalue weighted by Crippen LogP contribution is 2.36. The minimum absolute atomic E-state index is 0.0459. The van der Waals surface area contributed by atoms with Crippen molar-refractivity contribution in [3.8, 4) is 5.88 Å². The maximum atomic E-state index is 12.9. The average Bonchev–Trinajstić information content (AvgIpc) is 3.25. The van der Waals surface area contributed by atoms with Crippen LogP contribution in [0.2, 0.25) is 0 Å². The van der Waals surface area contributed by atoms with Crippen LogP contribution in [0.4, 0.5) is 11.5 Å². The molecule has 0 radical (unpaired) electrons. The van der Waals surface area contributed by atoms with E-state index in [-0.39, 0.29) is 11.8 Å². The highest BCUT2D eigenvalue weighted by Gasteiger charge is 2.43. The number of carbonyl (C=O) groups is 1. The minimum atomic E-state index is 0.0459. The number of carbonyl (C=O) groups excluding carboxylic acids is 1. The SMILES string of the molecule is COc1cc(N2C[C@H]3CCN(c4ccsc4)C(=O)[C@@H]3C2)ncn1. The lowest BCUT2D eigenvalue weighted by atomic mass is 9.88. The molecule has 4 rings (SSSR count). The summed E-state index contributed by atoms with van der Waals surface area (Å²) in [5.74, 6) is 2.07. The maximum absolute atomic E-state index is 12.9. The van der Waals surface area contributed by atoms with Crippen molar-refractivity contribution in [2.45, 2.75) is 6.42 Å². The Morgan fingerprint density at radius 2 is 2.26 bits per heavy atom. The summed E-state index contributed by atoms with van der Waals surface area (Å²) in [6.45, 7) is 2.38. The summed E-state index contributed by atoms with van der Waals surface area (Å²) in [7, 11) is 1.60. The van der Waals surface area contributed by atoms with E-state index in [1.807, 2.05) is 27.8 Å². The van der Waals surface area contributed by atoms with Crippen molar-refractivity contribution in [2.24, 2.45) is 11.8 Å². The molecule has 7 heteroatoms. The standard InChI is InChI=1S/C16H18N4O2S/c1-22-15-6-14(17-10-18-15)19-7-11-2-4-20(12-3-5-23-9-12)16(21)13(11)8-19/h3,5-6,9-11,13H,2,4,7-8H2,1H3/t11-,13-/m1/s1. The van der Waals surface area contributed by atoms with Gasteiger partial charge in [-0.1, -0.05) is 0 Å². The van der Waals surface area contributed by atoms with Crippen molar-refractivity contribution in [2.75, 3.05) is 36.5 Å². The van der Waals surface area contributed by atoms with Gasteiger partial charge in [0, 0.05) is 31.1 Å². The molecule has 2 aromatic rings. The third-order valence-corrected chi connectivity index (χ3v) is 5.40. The summed E-state index contributed by atoms with van der Waals surface area (Å²) in [6, 6.07) is 3.85. The van der Waals surface area contributed by atoms with Gasteiger partial charge in [0.2, 0.25) is 11.8 Å². The van der Waals surface area contributed by atoms with Gasteiger partial charge in [0.25, 0.3) is 0 Å². The van der Waals surface area contributed by atoms with Crippen molar-refractivity contribution in [1.29, 1.82) is 0 Å². The van der Waals surface area contributed by atoms with Gasteiger partial charge in [-0.2, -0.15) is 11.3 Å². The number of nitrogens with zero attached hydrogens (tertiary/aromatic N) is 4. The summed E-state index contributed by atoms with van der Waals surface area (Å²) in [4.78, 5) is 25.3. The molecule has 2 aliphatic heterocycles. The molecule has 0 unspecified atom stereocenters. The molecule has 4 heterocycles. The van der Waals surface area contributed by atoms with Crippen molar-refractivity contribution in [3.05, 3.63) is 29.2 Å². The van der Waals surface area contributed by atoms with E-state index in [2.05, 4.69) is 14.9 Å². The summed E-state index contributed by atoms with van der Waals surface area (Å²) in [6.07, 6.45) is 2.54. The first-order chi connectivity index (χ1) is 11.3. The third-order valence-electron chi connectivity index (χ3n) is 4.73. The van der Waals surface area contributed by atoms with Gasteiger partial charge < -0.3 is 14.5 Å². The zero-order chi connectivity index (χ0) is 15.8. The molecule has 2 aromatic heterocycles. The van der Waals surface area contributed by atoms with E-state index in [1.165, 1.54) is 6.33 Å². The summed E-state index contributed by atoms with van der Waals surface area (Å²) in [5.41, 5.74) is 1.03. The van der Waals surface area contributed by atoms with E-state index in [4.69, 9.17) is 4.74 Å². The minimum Gasteiger partial charge on any atom is -0.481 e. The van der Waals surface area contributed by atoms with Crippen molar-refractivity contribution in [3.63, 3.8) is 0 Å². The first-order valence-electron chi connectivity index (χ1n) is 7.71. The van der Waals surface area contributed by atoms with Gasteiger partial charge in [-0.05, 0) is 23.8 Å². The zero-order valence-electron chi connectivity index (χ0n) is 12.9. The molecule has 1 amide bonds. The fourth-order valence-corrected chi connectivity index (χ4v) is 4.16. The second kappa shape index (κ2) is 5.81. The Balaban J connectivity index is 1.54. The fourth-order valence-electron chi connectivity index (χ4n) is 3.52. The molecule has 0 spiro atoms. The van der Waals surface area contributed by atoms with Crippen LogP contribution in [0.25, 0.3) is 0 Å². The molecule has 2 saturated heterocycles. The van der Waals surface area contributed by atoms with Crippen LogP contribution in [0.15, 0.2) is 29.2 Å². The van der Waals surface area contributed by atoms with E-state index < -0.39 is 0 Å². The first-order valence-corrected chi connectivity index (χ1v) is 8.65. The van der Waals surface area contributed by atoms with Gasteiger partial charge in [-0.25, -0.2) is 9.97 Å².